The second kappa shape index (κ2) is 6.26. The predicted octanol–water partition coefficient (Wildman–Crippen LogP) is 3.26. The van der Waals surface area contributed by atoms with Gasteiger partial charge in [-0.05, 0) is 19.1 Å². The molecule has 1 aromatic heterocycles. The Morgan fingerprint density at radius 2 is 2.12 bits per heavy atom. The smallest absolute Gasteiger partial charge is 0.0570 e. The van der Waals surface area contributed by atoms with Crippen LogP contribution in [0, 0.1) is 0 Å². The van der Waals surface area contributed by atoms with Crippen molar-refractivity contribution >= 4 is 11.8 Å². The summed E-state index contributed by atoms with van der Waals surface area (Å²) in [4.78, 5) is 4.34. The zero-order valence-corrected chi connectivity index (χ0v) is 11.5. The van der Waals surface area contributed by atoms with Crippen LogP contribution in [0.4, 0.5) is 0 Å². The van der Waals surface area contributed by atoms with Gasteiger partial charge in [-0.3, -0.25) is 4.98 Å². The maximum absolute atomic E-state index is 4.34. The normalized spacial score (nSPS) is 13.8. The molecular weight excluding hydrogens is 216 g/mol. The summed E-state index contributed by atoms with van der Waals surface area (Å²) < 4.78 is 0.357. The third-order valence-corrected chi connectivity index (χ3v) is 3.49. The van der Waals surface area contributed by atoms with Gasteiger partial charge in [-0.1, -0.05) is 26.8 Å². The van der Waals surface area contributed by atoms with Crippen LogP contribution >= 0.6 is 11.8 Å². The van der Waals surface area contributed by atoms with Crippen molar-refractivity contribution in [3.8, 4) is 0 Å². The Labute approximate surface area is 103 Å². The third kappa shape index (κ3) is 5.52. The summed E-state index contributed by atoms with van der Waals surface area (Å²) in [6.45, 7) is 9.93. The van der Waals surface area contributed by atoms with E-state index in [9.17, 15) is 0 Å². The average Bonchev–Trinajstić information content (AvgIpc) is 2.24. The molecule has 90 valence electrons. The van der Waals surface area contributed by atoms with Gasteiger partial charge in [-0.25, -0.2) is 0 Å². The fraction of sp³-hybridized carbons (Fsp3) is 0.615. The average molecular weight is 238 g/mol. The minimum Gasteiger partial charge on any atom is -0.308 e. The van der Waals surface area contributed by atoms with Crippen LogP contribution < -0.4 is 5.32 Å². The highest BCUT2D eigenvalue weighted by molar-refractivity contribution is 8.00. The molecule has 0 bridgehead atoms. The maximum atomic E-state index is 4.34. The van der Waals surface area contributed by atoms with Crippen molar-refractivity contribution in [2.45, 2.75) is 38.5 Å². The molecule has 1 N–H and O–H groups in total. The van der Waals surface area contributed by atoms with Gasteiger partial charge in [-0.2, -0.15) is 11.8 Å². The lowest BCUT2D eigenvalue weighted by molar-refractivity contribution is 0.585. The SMILES string of the molecule is CC(NCCSC(C)(C)C)c1ccccn1. The van der Waals surface area contributed by atoms with Crippen LogP contribution in [0.1, 0.15) is 39.4 Å². The van der Waals surface area contributed by atoms with E-state index in [1.807, 2.05) is 30.1 Å². The van der Waals surface area contributed by atoms with E-state index in [0.29, 0.717) is 10.8 Å². The van der Waals surface area contributed by atoms with Crippen LogP contribution in [-0.2, 0) is 0 Å². The molecule has 1 atom stereocenters. The van der Waals surface area contributed by atoms with E-state index in [0.717, 1.165) is 18.0 Å². The molecule has 1 aromatic rings. The lowest BCUT2D eigenvalue weighted by atomic mass is 10.2. The fourth-order valence-corrected chi connectivity index (χ4v) is 2.20. The number of hydrogen-bond acceptors (Lipinski definition) is 3. The molecule has 0 saturated heterocycles. The van der Waals surface area contributed by atoms with Crippen molar-refractivity contribution in [3.05, 3.63) is 30.1 Å². The molecule has 3 heteroatoms. The van der Waals surface area contributed by atoms with E-state index < -0.39 is 0 Å². The molecule has 0 aliphatic rings. The van der Waals surface area contributed by atoms with Crippen LogP contribution in [0.2, 0.25) is 0 Å². The van der Waals surface area contributed by atoms with Gasteiger partial charge in [0.25, 0.3) is 0 Å². The highest BCUT2D eigenvalue weighted by Gasteiger charge is 2.10. The second-order valence-corrected chi connectivity index (χ2v) is 6.81. The van der Waals surface area contributed by atoms with Gasteiger partial charge < -0.3 is 5.32 Å². The van der Waals surface area contributed by atoms with Crippen LogP contribution in [0.25, 0.3) is 0 Å². The highest BCUT2D eigenvalue weighted by Crippen LogP contribution is 2.22. The van der Waals surface area contributed by atoms with E-state index >= 15 is 0 Å². The summed E-state index contributed by atoms with van der Waals surface area (Å²) in [5.74, 6) is 1.14. The minimum absolute atomic E-state index is 0.335. The van der Waals surface area contributed by atoms with Gasteiger partial charge in [0, 0.05) is 29.3 Å². The maximum Gasteiger partial charge on any atom is 0.0570 e. The standard InChI is InChI=1S/C13H22N2S/c1-11(12-7-5-6-8-15-12)14-9-10-16-13(2,3)4/h5-8,11,14H,9-10H2,1-4H3. The second-order valence-electron chi connectivity index (χ2n) is 4.89. The number of nitrogens with zero attached hydrogens (tertiary/aromatic N) is 1. The molecule has 0 aromatic carbocycles. The first-order valence-corrected chi connectivity index (χ1v) is 6.76. The first-order valence-electron chi connectivity index (χ1n) is 5.77. The first kappa shape index (κ1) is 13.5. The Balaban J connectivity index is 2.24. The van der Waals surface area contributed by atoms with E-state index in [2.05, 4.69) is 44.1 Å². The molecular formula is C13H22N2S. The Morgan fingerprint density at radius 1 is 1.38 bits per heavy atom. The number of aromatic nitrogens is 1. The molecule has 0 amide bonds. The number of hydrogen-bond donors (Lipinski definition) is 1. The van der Waals surface area contributed by atoms with E-state index in [1.165, 1.54) is 0 Å². The molecule has 0 spiro atoms. The number of nitrogens with one attached hydrogen (secondary N) is 1. The quantitative estimate of drug-likeness (QED) is 0.797. The van der Waals surface area contributed by atoms with E-state index in [-0.39, 0.29) is 0 Å². The largest absolute Gasteiger partial charge is 0.308 e. The molecule has 0 aliphatic carbocycles. The van der Waals surface area contributed by atoms with Gasteiger partial charge in [0.05, 0.1) is 5.69 Å². The summed E-state index contributed by atoms with van der Waals surface area (Å²) in [7, 11) is 0. The molecule has 0 fully saturated rings. The Kier molecular flexibility index (Phi) is 5.29. The molecule has 1 rings (SSSR count). The van der Waals surface area contributed by atoms with Gasteiger partial charge in [-0.15, -0.1) is 0 Å². The summed E-state index contributed by atoms with van der Waals surface area (Å²) >= 11 is 1.99. The Hall–Kier alpha value is -0.540. The van der Waals surface area contributed by atoms with Crippen LogP contribution in [0.5, 0.6) is 0 Å². The summed E-state index contributed by atoms with van der Waals surface area (Å²) in [5, 5.41) is 3.49. The van der Waals surface area contributed by atoms with Gasteiger partial charge in [0.1, 0.15) is 0 Å². The van der Waals surface area contributed by atoms with E-state index in [1.54, 1.807) is 0 Å². The molecule has 0 aliphatic heterocycles. The molecule has 2 nitrogen and oxygen atoms in total. The molecule has 1 unspecified atom stereocenters. The summed E-state index contributed by atoms with van der Waals surface area (Å²) in [6.07, 6.45) is 1.84. The molecule has 16 heavy (non-hydrogen) atoms. The van der Waals surface area contributed by atoms with Crippen molar-refractivity contribution in [2.75, 3.05) is 12.3 Å². The van der Waals surface area contributed by atoms with Gasteiger partial charge in [0.2, 0.25) is 0 Å². The van der Waals surface area contributed by atoms with Crippen LogP contribution in [-0.4, -0.2) is 22.0 Å². The van der Waals surface area contributed by atoms with Crippen LogP contribution in [0.15, 0.2) is 24.4 Å². The van der Waals surface area contributed by atoms with Crippen molar-refractivity contribution in [2.24, 2.45) is 0 Å². The molecule has 1 heterocycles. The molecule has 0 saturated carbocycles. The fourth-order valence-electron chi connectivity index (χ4n) is 1.37. The number of rotatable bonds is 5. The van der Waals surface area contributed by atoms with Crippen molar-refractivity contribution in [1.29, 1.82) is 0 Å². The Bertz CT molecular complexity index is 293. The summed E-state index contributed by atoms with van der Waals surface area (Å²) in [6, 6.07) is 6.38. The monoisotopic (exact) mass is 238 g/mol. The minimum atomic E-state index is 0.335. The van der Waals surface area contributed by atoms with E-state index in [4.69, 9.17) is 0 Å². The topological polar surface area (TPSA) is 24.9 Å². The zero-order chi connectivity index (χ0) is 12.0. The third-order valence-electron chi connectivity index (χ3n) is 2.22. The first-order chi connectivity index (χ1) is 7.49. The zero-order valence-electron chi connectivity index (χ0n) is 10.7. The lowest BCUT2D eigenvalue weighted by Gasteiger charge is -2.19. The molecule has 0 radical (unpaired) electrons. The number of thioether (sulfide) groups is 1. The highest BCUT2D eigenvalue weighted by atomic mass is 32.2. The van der Waals surface area contributed by atoms with Crippen LogP contribution in [0.3, 0.4) is 0 Å². The predicted molar refractivity (Wildman–Crippen MR) is 72.9 cm³/mol. The van der Waals surface area contributed by atoms with Gasteiger partial charge >= 0.3 is 0 Å². The summed E-state index contributed by atoms with van der Waals surface area (Å²) in [5.41, 5.74) is 1.11. The Morgan fingerprint density at radius 3 is 2.69 bits per heavy atom. The van der Waals surface area contributed by atoms with Crippen molar-refractivity contribution in [1.82, 2.24) is 10.3 Å². The van der Waals surface area contributed by atoms with Crippen molar-refractivity contribution < 1.29 is 0 Å². The lowest BCUT2D eigenvalue weighted by Crippen LogP contribution is -2.23. The number of pyridine rings is 1. The van der Waals surface area contributed by atoms with Crippen molar-refractivity contribution in [3.63, 3.8) is 0 Å². The van der Waals surface area contributed by atoms with Gasteiger partial charge in [0.15, 0.2) is 0 Å².